The van der Waals surface area contributed by atoms with Crippen molar-refractivity contribution in [3.05, 3.63) is 29.6 Å². The summed E-state index contributed by atoms with van der Waals surface area (Å²) in [4.78, 5) is 7.70. The first-order chi connectivity index (χ1) is 17.1. The molecule has 10 atom stereocenters. The summed E-state index contributed by atoms with van der Waals surface area (Å²) in [6, 6.07) is 2.36. The SMILES string of the molecule is CC(CCc1nc2cc(F)c(F)cc2[nH]1)[C@H]1CC[C@H]2[C@@H]3[C@H](O)C[C@@H]4C[C@H](O)CC[C@]4(C)[C@H]3CC[C@]12C. The highest BCUT2D eigenvalue weighted by Crippen LogP contribution is 2.68. The average Bonchev–Trinajstić information content (AvgIpc) is 3.39. The highest BCUT2D eigenvalue weighted by molar-refractivity contribution is 5.75. The lowest BCUT2D eigenvalue weighted by Crippen LogP contribution is -2.58. The van der Waals surface area contributed by atoms with Crippen LogP contribution in [0.15, 0.2) is 12.1 Å². The fourth-order valence-electron chi connectivity index (χ4n) is 9.92. The summed E-state index contributed by atoms with van der Waals surface area (Å²) in [7, 11) is 0. The molecule has 0 bridgehead atoms. The lowest BCUT2D eigenvalue weighted by molar-refractivity contribution is -0.174. The van der Waals surface area contributed by atoms with Crippen molar-refractivity contribution in [3.8, 4) is 0 Å². The van der Waals surface area contributed by atoms with Crippen LogP contribution in [0.2, 0.25) is 0 Å². The molecule has 0 aliphatic heterocycles. The highest BCUT2D eigenvalue weighted by atomic mass is 19.2. The summed E-state index contributed by atoms with van der Waals surface area (Å²) in [5.41, 5.74) is 1.54. The number of aromatic amines is 1. The van der Waals surface area contributed by atoms with Crippen LogP contribution < -0.4 is 0 Å². The molecule has 1 unspecified atom stereocenters. The number of fused-ring (bicyclic) bond motifs is 6. The monoisotopic (exact) mass is 500 g/mol. The molecule has 0 saturated heterocycles. The number of aromatic nitrogens is 2. The smallest absolute Gasteiger partial charge is 0.161 e. The van der Waals surface area contributed by atoms with Gasteiger partial charge in [0.1, 0.15) is 5.82 Å². The summed E-state index contributed by atoms with van der Waals surface area (Å²) in [5.74, 6) is 2.21. The predicted octanol–water partition coefficient (Wildman–Crippen LogP) is 6.40. The molecule has 6 rings (SSSR count). The van der Waals surface area contributed by atoms with Crippen molar-refractivity contribution in [3.63, 3.8) is 0 Å². The van der Waals surface area contributed by atoms with Gasteiger partial charge >= 0.3 is 0 Å². The Labute approximate surface area is 213 Å². The zero-order chi connectivity index (χ0) is 25.4. The summed E-state index contributed by atoms with van der Waals surface area (Å²) in [6.07, 6.45) is 9.90. The number of halogens is 2. The average molecular weight is 501 g/mol. The van der Waals surface area contributed by atoms with E-state index in [2.05, 4.69) is 30.7 Å². The summed E-state index contributed by atoms with van der Waals surface area (Å²) < 4.78 is 27.2. The number of benzene rings is 1. The zero-order valence-electron chi connectivity index (χ0n) is 21.9. The van der Waals surface area contributed by atoms with Gasteiger partial charge in [-0.1, -0.05) is 20.8 Å². The number of hydrogen-bond acceptors (Lipinski definition) is 3. The Hall–Kier alpha value is -1.53. The molecular formula is C30H42F2N2O2. The molecule has 0 spiro atoms. The van der Waals surface area contributed by atoms with E-state index in [1.54, 1.807) is 0 Å². The standard InChI is InChI=1S/C30H42F2N2O2/c1-16(4-7-27-33-24-14-22(31)23(32)15-25(24)34-27)19-5-6-20-28-21(9-11-30(19,20)3)29(2)10-8-18(35)12-17(29)13-26(28)36/h14-21,26,28,35-36H,4-13H2,1-3H3,(H,33,34)/t16?,17-,18+,19+,20-,21-,26+,28-,29-,30+/m0/s1. The molecule has 0 radical (unpaired) electrons. The number of aryl methyl sites for hydroxylation is 1. The van der Waals surface area contributed by atoms with Crippen LogP contribution in [0.25, 0.3) is 11.0 Å². The normalized spacial score (nSPS) is 43.1. The van der Waals surface area contributed by atoms with Gasteiger partial charge in [0.25, 0.3) is 0 Å². The Balaban J connectivity index is 1.17. The second-order valence-electron chi connectivity index (χ2n) is 13.4. The van der Waals surface area contributed by atoms with E-state index in [1.165, 1.54) is 37.8 Å². The van der Waals surface area contributed by atoms with E-state index in [0.717, 1.165) is 44.3 Å². The molecule has 1 aromatic carbocycles. The van der Waals surface area contributed by atoms with Crippen LogP contribution in [0.1, 0.15) is 84.4 Å². The lowest BCUT2D eigenvalue weighted by atomic mass is 9.43. The lowest BCUT2D eigenvalue weighted by Gasteiger charge is -2.62. The van der Waals surface area contributed by atoms with Crippen LogP contribution in [0.4, 0.5) is 8.78 Å². The van der Waals surface area contributed by atoms with Crippen molar-refractivity contribution in [2.75, 3.05) is 0 Å². The van der Waals surface area contributed by atoms with E-state index < -0.39 is 11.6 Å². The molecule has 2 aromatic rings. The molecule has 0 amide bonds. The summed E-state index contributed by atoms with van der Waals surface area (Å²) in [6.45, 7) is 7.33. The third-order valence-electron chi connectivity index (χ3n) is 11.8. The molecule has 4 nitrogen and oxygen atoms in total. The minimum Gasteiger partial charge on any atom is -0.393 e. The van der Waals surface area contributed by atoms with Crippen LogP contribution in [-0.2, 0) is 6.42 Å². The van der Waals surface area contributed by atoms with Crippen molar-refractivity contribution < 1.29 is 19.0 Å². The van der Waals surface area contributed by atoms with Gasteiger partial charge in [-0.05, 0) is 104 Å². The number of aliphatic hydroxyl groups excluding tert-OH is 2. The molecule has 4 aliphatic rings. The van der Waals surface area contributed by atoms with E-state index in [-0.39, 0.29) is 23.0 Å². The minimum atomic E-state index is -0.857. The van der Waals surface area contributed by atoms with Gasteiger partial charge in [-0.2, -0.15) is 0 Å². The molecule has 4 saturated carbocycles. The Bertz CT molecular complexity index is 1100. The van der Waals surface area contributed by atoms with E-state index in [4.69, 9.17) is 0 Å². The van der Waals surface area contributed by atoms with Crippen molar-refractivity contribution in [1.82, 2.24) is 9.97 Å². The van der Waals surface area contributed by atoms with Gasteiger partial charge in [-0.15, -0.1) is 0 Å². The molecule has 198 valence electrons. The summed E-state index contributed by atoms with van der Waals surface area (Å²) >= 11 is 0. The van der Waals surface area contributed by atoms with Crippen LogP contribution in [0.5, 0.6) is 0 Å². The van der Waals surface area contributed by atoms with Gasteiger partial charge < -0.3 is 15.2 Å². The first-order valence-corrected chi connectivity index (χ1v) is 14.3. The second-order valence-corrected chi connectivity index (χ2v) is 13.4. The first kappa shape index (κ1) is 24.8. The number of nitrogens with zero attached hydrogens (tertiary/aromatic N) is 1. The van der Waals surface area contributed by atoms with Gasteiger partial charge in [-0.3, -0.25) is 0 Å². The van der Waals surface area contributed by atoms with Crippen LogP contribution in [0, 0.1) is 58.0 Å². The maximum absolute atomic E-state index is 13.6. The Morgan fingerprint density at radius 2 is 1.72 bits per heavy atom. The fourth-order valence-corrected chi connectivity index (χ4v) is 9.92. The number of aliphatic hydroxyl groups is 2. The molecule has 1 heterocycles. The number of H-pyrrole nitrogens is 1. The predicted molar refractivity (Wildman–Crippen MR) is 136 cm³/mol. The molecule has 3 N–H and O–H groups in total. The molecule has 36 heavy (non-hydrogen) atoms. The van der Waals surface area contributed by atoms with Crippen molar-refractivity contribution in [1.29, 1.82) is 0 Å². The molecule has 6 heteroatoms. The molecule has 4 aliphatic carbocycles. The number of imidazole rings is 1. The number of hydrogen-bond donors (Lipinski definition) is 3. The Kier molecular flexibility index (Phi) is 6.03. The van der Waals surface area contributed by atoms with Crippen LogP contribution >= 0.6 is 0 Å². The highest BCUT2D eigenvalue weighted by Gasteiger charge is 2.62. The Morgan fingerprint density at radius 1 is 1.00 bits per heavy atom. The third-order valence-corrected chi connectivity index (χ3v) is 11.8. The minimum absolute atomic E-state index is 0.192. The topological polar surface area (TPSA) is 69.1 Å². The largest absolute Gasteiger partial charge is 0.393 e. The van der Waals surface area contributed by atoms with E-state index >= 15 is 0 Å². The molecule has 4 fully saturated rings. The zero-order valence-corrected chi connectivity index (χ0v) is 21.9. The molecular weight excluding hydrogens is 458 g/mol. The quantitative estimate of drug-likeness (QED) is 0.455. The number of rotatable bonds is 4. The van der Waals surface area contributed by atoms with Gasteiger partial charge in [0, 0.05) is 18.6 Å². The van der Waals surface area contributed by atoms with Crippen molar-refractivity contribution >= 4 is 11.0 Å². The van der Waals surface area contributed by atoms with Crippen molar-refractivity contribution in [2.24, 2.45) is 46.3 Å². The Morgan fingerprint density at radius 3 is 2.53 bits per heavy atom. The van der Waals surface area contributed by atoms with E-state index in [9.17, 15) is 19.0 Å². The first-order valence-electron chi connectivity index (χ1n) is 14.3. The van der Waals surface area contributed by atoms with Gasteiger partial charge in [0.05, 0.1) is 23.2 Å². The summed E-state index contributed by atoms with van der Waals surface area (Å²) in [5, 5.41) is 21.8. The molecule has 1 aromatic heterocycles. The second kappa shape index (κ2) is 8.76. The van der Waals surface area contributed by atoms with Crippen LogP contribution in [-0.4, -0.2) is 32.4 Å². The van der Waals surface area contributed by atoms with Crippen LogP contribution in [0.3, 0.4) is 0 Å². The maximum atomic E-state index is 13.6. The van der Waals surface area contributed by atoms with Gasteiger partial charge in [0.2, 0.25) is 0 Å². The van der Waals surface area contributed by atoms with Crippen molar-refractivity contribution in [2.45, 2.75) is 97.2 Å². The fraction of sp³-hybridized carbons (Fsp3) is 0.767. The van der Waals surface area contributed by atoms with E-state index in [1.807, 2.05) is 0 Å². The maximum Gasteiger partial charge on any atom is 0.161 e. The third kappa shape index (κ3) is 3.76. The number of nitrogens with one attached hydrogen (secondary N) is 1. The van der Waals surface area contributed by atoms with E-state index in [0.29, 0.717) is 46.5 Å². The van der Waals surface area contributed by atoms with Gasteiger partial charge in [0.15, 0.2) is 11.6 Å². The van der Waals surface area contributed by atoms with Gasteiger partial charge in [-0.25, -0.2) is 13.8 Å².